The van der Waals surface area contributed by atoms with Crippen LogP contribution in [0.15, 0.2) is 50.2 Å². The Morgan fingerprint density at radius 3 is 2.86 bits per heavy atom. The number of rotatable bonds is 7. The zero-order valence-corrected chi connectivity index (χ0v) is 17.8. The number of benzene rings is 1. The van der Waals surface area contributed by atoms with Crippen LogP contribution in [0.25, 0.3) is 0 Å². The first-order valence-corrected chi connectivity index (χ1v) is 12.0. The number of nitrogens with zero attached hydrogens (tertiary/aromatic N) is 2. The molecule has 1 amide bonds. The van der Waals surface area contributed by atoms with Gasteiger partial charge in [0.2, 0.25) is 0 Å². The molecule has 2 N–H and O–H groups in total. The van der Waals surface area contributed by atoms with Crippen molar-refractivity contribution in [3.8, 4) is 6.07 Å². The van der Waals surface area contributed by atoms with Crippen molar-refractivity contribution in [1.29, 1.82) is 5.26 Å². The van der Waals surface area contributed by atoms with Gasteiger partial charge in [-0.15, -0.1) is 11.3 Å². The predicted octanol–water partition coefficient (Wildman–Crippen LogP) is 4.18. The number of carbonyl (C=O) groups is 1. The van der Waals surface area contributed by atoms with Crippen LogP contribution in [0.1, 0.15) is 16.1 Å². The minimum absolute atomic E-state index is 0.197. The maximum atomic E-state index is 12.5. The maximum absolute atomic E-state index is 12.5. The Morgan fingerprint density at radius 2 is 2.14 bits per heavy atom. The molecule has 28 heavy (non-hydrogen) atoms. The summed E-state index contributed by atoms with van der Waals surface area (Å²) in [6.45, 7) is 1.81. The van der Waals surface area contributed by atoms with Crippen molar-refractivity contribution in [2.45, 2.75) is 15.3 Å². The molecule has 11 heteroatoms. The van der Waals surface area contributed by atoms with Gasteiger partial charge in [0.25, 0.3) is 15.9 Å². The quantitative estimate of drug-likeness (QED) is 0.522. The molecule has 0 radical (unpaired) electrons. The normalized spacial score (nSPS) is 11.0. The number of thioether (sulfide) groups is 1. The molecule has 3 aromatic rings. The Hall–Kier alpha value is -2.39. The molecule has 0 spiro atoms. The SMILES string of the molecule is Cc1nc(NC(=O)c2cccc(NS(=O)(=O)c3cccs3)c2)sc1SCC#N. The zero-order valence-electron chi connectivity index (χ0n) is 14.5. The van der Waals surface area contributed by atoms with Crippen molar-refractivity contribution in [3.63, 3.8) is 0 Å². The van der Waals surface area contributed by atoms with E-state index in [2.05, 4.69) is 21.1 Å². The van der Waals surface area contributed by atoms with Gasteiger partial charge in [-0.2, -0.15) is 5.26 Å². The van der Waals surface area contributed by atoms with E-state index in [-0.39, 0.29) is 4.21 Å². The van der Waals surface area contributed by atoms with Crippen molar-refractivity contribution in [2.24, 2.45) is 0 Å². The molecule has 0 fully saturated rings. The molecule has 0 atom stereocenters. The van der Waals surface area contributed by atoms with Crippen LogP contribution < -0.4 is 10.0 Å². The van der Waals surface area contributed by atoms with E-state index in [0.29, 0.717) is 22.1 Å². The Labute approximate surface area is 174 Å². The lowest BCUT2D eigenvalue weighted by atomic mass is 10.2. The van der Waals surface area contributed by atoms with Crippen LogP contribution in [0.2, 0.25) is 0 Å². The minimum atomic E-state index is -3.69. The van der Waals surface area contributed by atoms with Crippen LogP contribution in [-0.4, -0.2) is 25.1 Å². The molecular weight excluding hydrogens is 436 g/mol. The summed E-state index contributed by atoms with van der Waals surface area (Å²) in [5, 5.41) is 13.5. The van der Waals surface area contributed by atoms with Crippen molar-refractivity contribution in [2.75, 3.05) is 15.8 Å². The predicted molar refractivity (Wildman–Crippen MR) is 113 cm³/mol. The third-order valence-corrected chi connectivity index (χ3v) is 8.46. The molecule has 1 aromatic carbocycles. The van der Waals surface area contributed by atoms with Crippen LogP contribution in [0, 0.1) is 18.3 Å². The molecule has 2 aromatic heterocycles. The van der Waals surface area contributed by atoms with Crippen molar-refractivity contribution < 1.29 is 13.2 Å². The Morgan fingerprint density at radius 1 is 1.32 bits per heavy atom. The number of hydrogen-bond donors (Lipinski definition) is 2. The molecule has 7 nitrogen and oxygen atoms in total. The van der Waals surface area contributed by atoms with Gasteiger partial charge in [0, 0.05) is 11.3 Å². The molecule has 0 aliphatic heterocycles. The molecule has 0 saturated heterocycles. The fraction of sp³-hybridized carbons (Fsp3) is 0.118. The fourth-order valence-corrected chi connectivity index (χ4v) is 6.02. The monoisotopic (exact) mass is 450 g/mol. The first-order valence-electron chi connectivity index (χ1n) is 7.84. The fourth-order valence-electron chi connectivity index (χ4n) is 2.18. The van der Waals surface area contributed by atoms with Crippen LogP contribution in [0.3, 0.4) is 0 Å². The summed E-state index contributed by atoms with van der Waals surface area (Å²) in [7, 11) is -3.69. The number of nitriles is 1. The molecule has 144 valence electrons. The molecular formula is C17H14N4O3S4. The first kappa shape index (κ1) is 20.3. The van der Waals surface area contributed by atoms with E-state index in [4.69, 9.17) is 5.26 Å². The highest BCUT2D eigenvalue weighted by Crippen LogP contribution is 2.32. The molecule has 0 aliphatic rings. The number of hydrogen-bond acceptors (Lipinski definition) is 8. The topological polar surface area (TPSA) is 112 Å². The molecule has 0 bridgehead atoms. The van der Waals surface area contributed by atoms with E-state index in [1.807, 2.05) is 6.92 Å². The summed E-state index contributed by atoms with van der Waals surface area (Å²) in [6.07, 6.45) is 0. The van der Waals surface area contributed by atoms with Crippen molar-refractivity contribution >= 4 is 61.2 Å². The number of thiazole rings is 1. The number of thiophene rings is 1. The van der Waals surface area contributed by atoms with Gasteiger partial charge in [-0.1, -0.05) is 35.2 Å². The number of aromatic nitrogens is 1. The minimum Gasteiger partial charge on any atom is -0.298 e. The Kier molecular flexibility index (Phi) is 6.35. The van der Waals surface area contributed by atoms with Crippen molar-refractivity contribution in [1.82, 2.24) is 4.98 Å². The smallest absolute Gasteiger partial charge is 0.271 e. The molecule has 0 saturated carbocycles. The lowest BCUT2D eigenvalue weighted by Gasteiger charge is -2.08. The van der Waals surface area contributed by atoms with Gasteiger partial charge in [0.05, 0.1) is 21.7 Å². The first-order chi connectivity index (χ1) is 13.4. The summed E-state index contributed by atoms with van der Waals surface area (Å²) in [6, 6.07) is 11.4. The number of anilines is 2. The Balaban J connectivity index is 1.73. The number of nitrogens with one attached hydrogen (secondary N) is 2. The van der Waals surface area contributed by atoms with E-state index in [0.717, 1.165) is 21.2 Å². The third-order valence-electron chi connectivity index (χ3n) is 3.38. The second-order valence-electron chi connectivity index (χ2n) is 5.41. The number of carbonyl (C=O) groups excluding carboxylic acids is 1. The molecule has 3 rings (SSSR count). The number of sulfonamides is 1. The van der Waals surface area contributed by atoms with Gasteiger partial charge in [0.15, 0.2) is 5.13 Å². The van der Waals surface area contributed by atoms with Crippen LogP contribution in [0.4, 0.5) is 10.8 Å². The van der Waals surface area contributed by atoms with Gasteiger partial charge in [-0.3, -0.25) is 14.8 Å². The highest BCUT2D eigenvalue weighted by Gasteiger charge is 2.17. The van der Waals surface area contributed by atoms with Gasteiger partial charge in [0.1, 0.15) is 4.21 Å². The molecule has 0 aliphatic carbocycles. The summed E-state index contributed by atoms with van der Waals surface area (Å²) < 4.78 is 28.2. The van der Waals surface area contributed by atoms with Crippen molar-refractivity contribution in [3.05, 3.63) is 53.0 Å². The summed E-state index contributed by atoms with van der Waals surface area (Å²) in [5.74, 6) is -0.0918. The molecule has 2 heterocycles. The summed E-state index contributed by atoms with van der Waals surface area (Å²) >= 11 is 3.77. The highest BCUT2D eigenvalue weighted by atomic mass is 32.2. The van der Waals surface area contributed by atoms with E-state index < -0.39 is 15.9 Å². The lowest BCUT2D eigenvalue weighted by molar-refractivity contribution is 0.102. The van der Waals surface area contributed by atoms with Crippen LogP contribution >= 0.6 is 34.4 Å². The highest BCUT2D eigenvalue weighted by molar-refractivity contribution is 8.01. The van der Waals surface area contributed by atoms with Crippen LogP contribution in [0.5, 0.6) is 0 Å². The van der Waals surface area contributed by atoms with Gasteiger partial charge < -0.3 is 0 Å². The zero-order chi connectivity index (χ0) is 20.1. The van der Waals surface area contributed by atoms with E-state index in [1.54, 1.807) is 29.6 Å². The van der Waals surface area contributed by atoms with E-state index in [9.17, 15) is 13.2 Å². The second-order valence-corrected chi connectivity index (χ2v) is 10.5. The molecule has 0 unspecified atom stereocenters. The standard InChI is InChI=1S/C17H14N4O3S4/c1-11-16(26-9-7-18)27-17(19-11)20-15(22)12-4-2-5-13(10-12)21-28(23,24)14-6-3-8-25-14/h2-6,8,10,21H,9H2,1H3,(H,19,20,22). The van der Waals surface area contributed by atoms with E-state index in [1.165, 1.54) is 35.2 Å². The summed E-state index contributed by atoms with van der Waals surface area (Å²) in [4.78, 5) is 16.8. The van der Waals surface area contributed by atoms with Gasteiger partial charge in [-0.05, 0) is 36.6 Å². The van der Waals surface area contributed by atoms with E-state index >= 15 is 0 Å². The van der Waals surface area contributed by atoms with Gasteiger partial charge in [-0.25, -0.2) is 13.4 Å². The average molecular weight is 451 g/mol. The second kappa shape index (κ2) is 8.74. The van der Waals surface area contributed by atoms with Crippen LogP contribution in [-0.2, 0) is 10.0 Å². The third kappa shape index (κ3) is 4.90. The maximum Gasteiger partial charge on any atom is 0.271 e. The lowest BCUT2D eigenvalue weighted by Crippen LogP contribution is -2.14. The number of amides is 1. The summed E-state index contributed by atoms with van der Waals surface area (Å²) in [5.41, 5.74) is 1.34. The van der Waals surface area contributed by atoms with Gasteiger partial charge >= 0.3 is 0 Å². The Bertz CT molecular complexity index is 1130. The average Bonchev–Trinajstić information content (AvgIpc) is 3.30. The largest absolute Gasteiger partial charge is 0.298 e. The number of aryl methyl sites for hydroxylation is 1.